The van der Waals surface area contributed by atoms with Crippen molar-refractivity contribution in [1.29, 1.82) is 0 Å². The van der Waals surface area contributed by atoms with Crippen molar-refractivity contribution in [3.05, 3.63) is 41.2 Å². The van der Waals surface area contributed by atoms with Gasteiger partial charge in [0, 0.05) is 37.2 Å². The van der Waals surface area contributed by atoms with Gasteiger partial charge in [-0.2, -0.15) is 5.10 Å². The van der Waals surface area contributed by atoms with Crippen molar-refractivity contribution in [2.45, 2.75) is 39.2 Å². The van der Waals surface area contributed by atoms with Gasteiger partial charge in [0.05, 0.1) is 18.8 Å². The summed E-state index contributed by atoms with van der Waals surface area (Å²) in [5.74, 6) is 0.702. The molecule has 0 aliphatic carbocycles. The molecule has 0 saturated carbocycles. The predicted molar refractivity (Wildman–Crippen MR) is 98.3 cm³/mol. The topological polar surface area (TPSA) is 87.3 Å². The standard InChI is InChI=1S/C19H24N4O3/c1-12-13(2)21-22-17(12)8-9-18(24)20-14-10-19(25)23(11-14)15-4-6-16(26-3)7-5-15/h4-7,14H,8-11H2,1-3H3,(H,20,24)(H,21,22)/t14-/m0/s1. The van der Waals surface area contributed by atoms with Gasteiger partial charge in [-0.3, -0.25) is 14.7 Å². The highest BCUT2D eigenvalue weighted by Gasteiger charge is 2.31. The molecule has 2 aromatic rings. The molecule has 26 heavy (non-hydrogen) atoms. The van der Waals surface area contributed by atoms with E-state index in [1.807, 2.05) is 38.1 Å². The molecule has 1 aliphatic heterocycles. The van der Waals surface area contributed by atoms with Crippen molar-refractivity contribution >= 4 is 17.5 Å². The summed E-state index contributed by atoms with van der Waals surface area (Å²) >= 11 is 0. The normalized spacial score (nSPS) is 16.8. The first-order chi connectivity index (χ1) is 12.5. The second kappa shape index (κ2) is 7.59. The van der Waals surface area contributed by atoms with Gasteiger partial charge in [0.1, 0.15) is 5.75 Å². The average molecular weight is 356 g/mol. The number of methoxy groups -OCH3 is 1. The number of ether oxygens (including phenoxy) is 1. The molecule has 7 nitrogen and oxygen atoms in total. The number of aryl methyl sites for hydroxylation is 2. The van der Waals surface area contributed by atoms with E-state index < -0.39 is 0 Å². The van der Waals surface area contributed by atoms with E-state index in [0.29, 0.717) is 25.8 Å². The maximum Gasteiger partial charge on any atom is 0.229 e. The van der Waals surface area contributed by atoms with Crippen molar-refractivity contribution in [1.82, 2.24) is 15.5 Å². The van der Waals surface area contributed by atoms with Crippen molar-refractivity contribution in [2.24, 2.45) is 0 Å². The molecular weight excluding hydrogens is 332 g/mol. The Labute approximate surface area is 152 Å². The second-order valence-corrected chi connectivity index (χ2v) is 6.59. The van der Waals surface area contributed by atoms with Crippen molar-refractivity contribution in [3.8, 4) is 5.75 Å². The first kappa shape index (κ1) is 18.0. The summed E-state index contributed by atoms with van der Waals surface area (Å²) in [5.41, 5.74) is 3.85. The van der Waals surface area contributed by atoms with Crippen molar-refractivity contribution in [2.75, 3.05) is 18.6 Å². The summed E-state index contributed by atoms with van der Waals surface area (Å²) in [4.78, 5) is 26.2. The molecule has 0 radical (unpaired) electrons. The molecule has 0 spiro atoms. The summed E-state index contributed by atoms with van der Waals surface area (Å²) in [6.45, 7) is 4.44. The number of carbonyl (C=O) groups excluding carboxylic acids is 2. The number of nitrogens with zero attached hydrogens (tertiary/aromatic N) is 2. The van der Waals surface area contributed by atoms with Crippen LogP contribution in [-0.4, -0.2) is 41.7 Å². The van der Waals surface area contributed by atoms with Crippen LogP contribution in [0.15, 0.2) is 24.3 Å². The number of hydrogen-bond acceptors (Lipinski definition) is 4. The molecule has 1 aliphatic rings. The van der Waals surface area contributed by atoms with Gasteiger partial charge in [0.15, 0.2) is 0 Å². The van der Waals surface area contributed by atoms with Gasteiger partial charge < -0.3 is 15.0 Å². The molecule has 1 atom stereocenters. The van der Waals surface area contributed by atoms with E-state index >= 15 is 0 Å². The lowest BCUT2D eigenvalue weighted by Gasteiger charge is -2.17. The van der Waals surface area contributed by atoms with E-state index in [-0.39, 0.29) is 17.9 Å². The molecule has 2 N–H and O–H groups in total. The Bertz CT molecular complexity index is 798. The Hall–Kier alpha value is -2.83. The third-order valence-corrected chi connectivity index (χ3v) is 4.82. The minimum atomic E-state index is -0.167. The molecule has 1 aromatic carbocycles. The fourth-order valence-electron chi connectivity index (χ4n) is 3.13. The lowest BCUT2D eigenvalue weighted by atomic mass is 10.1. The molecular formula is C19H24N4O3. The number of rotatable bonds is 6. The third kappa shape index (κ3) is 3.87. The largest absolute Gasteiger partial charge is 0.497 e. The van der Waals surface area contributed by atoms with Crippen LogP contribution in [0.5, 0.6) is 5.75 Å². The smallest absolute Gasteiger partial charge is 0.229 e. The Balaban J connectivity index is 1.53. The number of H-pyrrole nitrogens is 1. The van der Waals surface area contributed by atoms with Crippen LogP contribution in [0, 0.1) is 13.8 Å². The third-order valence-electron chi connectivity index (χ3n) is 4.82. The number of nitrogens with one attached hydrogen (secondary N) is 2. The molecule has 1 aromatic heterocycles. The molecule has 7 heteroatoms. The number of aromatic amines is 1. The fraction of sp³-hybridized carbons (Fsp3) is 0.421. The first-order valence-electron chi connectivity index (χ1n) is 8.72. The minimum absolute atomic E-state index is 0.0132. The summed E-state index contributed by atoms with van der Waals surface area (Å²) in [7, 11) is 1.60. The molecule has 3 rings (SSSR count). The van der Waals surface area contributed by atoms with Gasteiger partial charge >= 0.3 is 0 Å². The predicted octanol–water partition coefficient (Wildman–Crippen LogP) is 1.89. The number of amides is 2. The monoisotopic (exact) mass is 356 g/mol. The van der Waals surface area contributed by atoms with E-state index in [0.717, 1.165) is 28.4 Å². The van der Waals surface area contributed by atoms with E-state index in [9.17, 15) is 9.59 Å². The summed E-state index contributed by atoms with van der Waals surface area (Å²) < 4.78 is 5.14. The highest BCUT2D eigenvalue weighted by atomic mass is 16.5. The zero-order valence-corrected chi connectivity index (χ0v) is 15.3. The summed E-state index contributed by atoms with van der Waals surface area (Å²) in [6, 6.07) is 7.18. The Morgan fingerprint density at radius 1 is 1.35 bits per heavy atom. The molecule has 0 bridgehead atoms. The Kier molecular flexibility index (Phi) is 5.25. The molecule has 2 amide bonds. The maximum atomic E-state index is 12.3. The van der Waals surface area contributed by atoms with E-state index in [4.69, 9.17) is 4.74 Å². The van der Waals surface area contributed by atoms with E-state index in [1.54, 1.807) is 12.0 Å². The van der Waals surface area contributed by atoms with Gasteiger partial charge in [-0.15, -0.1) is 0 Å². The minimum Gasteiger partial charge on any atom is -0.497 e. The maximum absolute atomic E-state index is 12.3. The number of hydrogen-bond donors (Lipinski definition) is 2. The van der Waals surface area contributed by atoms with Gasteiger partial charge in [-0.25, -0.2) is 0 Å². The highest BCUT2D eigenvalue weighted by molar-refractivity contribution is 5.96. The first-order valence-corrected chi connectivity index (χ1v) is 8.72. The van der Waals surface area contributed by atoms with Crippen molar-refractivity contribution in [3.63, 3.8) is 0 Å². The lowest BCUT2D eigenvalue weighted by Crippen LogP contribution is -2.37. The Morgan fingerprint density at radius 3 is 2.69 bits per heavy atom. The van der Waals surface area contributed by atoms with E-state index in [2.05, 4.69) is 15.5 Å². The summed E-state index contributed by atoms with van der Waals surface area (Å²) in [6.07, 6.45) is 1.27. The Morgan fingerprint density at radius 2 is 2.08 bits per heavy atom. The molecule has 0 unspecified atom stereocenters. The lowest BCUT2D eigenvalue weighted by molar-refractivity contribution is -0.121. The van der Waals surface area contributed by atoms with Gasteiger partial charge in [-0.05, 0) is 43.7 Å². The van der Waals surface area contributed by atoms with Crippen LogP contribution in [0.1, 0.15) is 29.8 Å². The second-order valence-electron chi connectivity index (χ2n) is 6.59. The number of benzene rings is 1. The number of carbonyl (C=O) groups is 2. The zero-order chi connectivity index (χ0) is 18.7. The summed E-state index contributed by atoms with van der Waals surface area (Å²) in [5, 5.41) is 10.1. The molecule has 2 heterocycles. The van der Waals surface area contributed by atoms with Crippen LogP contribution < -0.4 is 15.0 Å². The van der Waals surface area contributed by atoms with Gasteiger partial charge in [-0.1, -0.05) is 0 Å². The molecule has 1 fully saturated rings. The van der Waals surface area contributed by atoms with Crippen LogP contribution in [0.3, 0.4) is 0 Å². The zero-order valence-electron chi connectivity index (χ0n) is 15.3. The van der Waals surface area contributed by atoms with E-state index in [1.165, 1.54) is 0 Å². The number of anilines is 1. The van der Waals surface area contributed by atoms with Crippen molar-refractivity contribution < 1.29 is 14.3 Å². The molecule has 1 saturated heterocycles. The fourth-order valence-corrected chi connectivity index (χ4v) is 3.13. The van der Waals surface area contributed by atoms with Crippen LogP contribution in [0.4, 0.5) is 5.69 Å². The number of aromatic nitrogens is 2. The van der Waals surface area contributed by atoms with Gasteiger partial charge in [0.25, 0.3) is 0 Å². The quantitative estimate of drug-likeness (QED) is 0.827. The van der Waals surface area contributed by atoms with Crippen LogP contribution >= 0.6 is 0 Å². The van der Waals surface area contributed by atoms with Crippen LogP contribution in [0.25, 0.3) is 0 Å². The average Bonchev–Trinajstić information content (AvgIpc) is 3.16. The SMILES string of the molecule is COc1ccc(N2C[C@@H](NC(=O)CCc3n[nH]c(C)c3C)CC2=O)cc1. The molecule has 138 valence electrons. The highest BCUT2D eigenvalue weighted by Crippen LogP contribution is 2.24. The van der Waals surface area contributed by atoms with Crippen LogP contribution in [-0.2, 0) is 16.0 Å². The van der Waals surface area contributed by atoms with Crippen LogP contribution in [0.2, 0.25) is 0 Å². The van der Waals surface area contributed by atoms with Gasteiger partial charge in [0.2, 0.25) is 11.8 Å².